The van der Waals surface area contributed by atoms with Gasteiger partial charge in [0.1, 0.15) is 17.5 Å². The van der Waals surface area contributed by atoms with Crippen LogP contribution in [0.15, 0.2) is 73.1 Å². The smallest absolute Gasteiger partial charge is 0.273 e. The largest absolute Gasteiger partial charge is 0.457 e. The normalized spacial score (nSPS) is 11.6. The summed E-state index contributed by atoms with van der Waals surface area (Å²) in [6, 6.07) is 17.0. The zero-order chi connectivity index (χ0) is 20.9. The SMILES string of the molecule is CC(NC(=O)c1n[nH]c2ccccc12)C(=O)Nc1ccc(Oc2ccncc2)cc1. The molecule has 1 unspecified atom stereocenters. The molecular weight excluding hydrogens is 382 g/mol. The van der Waals surface area contributed by atoms with Gasteiger partial charge < -0.3 is 15.4 Å². The number of carbonyl (C=O) groups is 2. The molecule has 0 saturated heterocycles. The molecule has 3 N–H and O–H groups in total. The Morgan fingerprint density at radius 1 is 0.967 bits per heavy atom. The van der Waals surface area contributed by atoms with Gasteiger partial charge in [0.25, 0.3) is 5.91 Å². The molecule has 0 radical (unpaired) electrons. The van der Waals surface area contributed by atoms with Crippen molar-refractivity contribution >= 4 is 28.4 Å². The summed E-state index contributed by atoms with van der Waals surface area (Å²) in [7, 11) is 0. The highest BCUT2D eigenvalue weighted by Gasteiger charge is 2.20. The Hall–Kier alpha value is -4.20. The number of para-hydroxylation sites is 1. The highest BCUT2D eigenvalue weighted by atomic mass is 16.5. The molecule has 0 aliphatic heterocycles. The van der Waals surface area contributed by atoms with Crippen molar-refractivity contribution in [2.75, 3.05) is 5.32 Å². The molecule has 4 rings (SSSR count). The van der Waals surface area contributed by atoms with Crippen LogP contribution in [0.4, 0.5) is 5.69 Å². The van der Waals surface area contributed by atoms with Crippen molar-refractivity contribution in [2.24, 2.45) is 0 Å². The monoisotopic (exact) mass is 401 g/mol. The van der Waals surface area contributed by atoms with Crippen LogP contribution < -0.4 is 15.4 Å². The Kier molecular flexibility index (Phi) is 5.38. The Morgan fingerprint density at radius 3 is 2.43 bits per heavy atom. The minimum absolute atomic E-state index is 0.253. The first-order chi connectivity index (χ1) is 14.6. The second-order valence-corrected chi connectivity index (χ2v) is 6.61. The summed E-state index contributed by atoms with van der Waals surface area (Å²) in [6.45, 7) is 1.61. The van der Waals surface area contributed by atoms with Gasteiger partial charge in [0.2, 0.25) is 5.91 Å². The molecule has 2 aromatic heterocycles. The van der Waals surface area contributed by atoms with Crippen LogP contribution in [0.1, 0.15) is 17.4 Å². The third kappa shape index (κ3) is 4.27. The van der Waals surface area contributed by atoms with Gasteiger partial charge in [-0.15, -0.1) is 0 Å². The van der Waals surface area contributed by atoms with Gasteiger partial charge in [-0.25, -0.2) is 0 Å². The number of rotatable bonds is 6. The van der Waals surface area contributed by atoms with E-state index in [0.717, 1.165) is 5.52 Å². The molecule has 2 amide bonds. The minimum atomic E-state index is -0.749. The average molecular weight is 401 g/mol. The van der Waals surface area contributed by atoms with Crippen LogP contribution in [0.2, 0.25) is 0 Å². The molecule has 0 aliphatic carbocycles. The van der Waals surface area contributed by atoms with E-state index in [0.29, 0.717) is 22.6 Å². The van der Waals surface area contributed by atoms with Crippen LogP contribution >= 0.6 is 0 Å². The molecular formula is C22H19N5O3. The number of nitrogens with zero attached hydrogens (tertiary/aromatic N) is 2. The van der Waals surface area contributed by atoms with Crippen molar-refractivity contribution in [3.63, 3.8) is 0 Å². The fourth-order valence-electron chi connectivity index (χ4n) is 2.87. The zero-order valence-corrected chi connectivity index (χ0v) is 16.1. The van der Waals surface area contributed by atoms with Gasteiger partial charge in [0.05, 0.1) is 5.52 Å². The number of aromatic nitrogens is 3. The Bertz CT molecular complexity index is 1170. The van der Waals surface area contributed by atoms with Crippen LogP contribution in [-0.4, -0.2) is 33.0 Å². The number of carbonyl (C=O) groups excluding carboxylic acids is 2. The van der Waals surface area contributed by atoms with Crippen LogP contribution in [0.5, 0.6) is 11.5 Å². The lowest BCUT2D eigenvalue weighted by molar-refractivity contribution is -0.117. The lowest BCUT2D eigenvalue weighted by atomic mass is 10.2. The lowest BCUT2D eigenvalue weighted by Gasteiger charge is -2.14. The molecule has 2 aromatic carbocycles. The van der Waals surface area contributed by atoms with Gasteiger partial charge in [-0.1, -0.05) is 18.2 Å². The first-order valence-corrected chi connectivity index (χ1v) is 9.33. The maximum atomic E-state index is 12.5. The van der Waals surface area contributed by atoms with E-state index in [9.17, 15) is 9.59 Å². The topological polar surface area (TPSA) is 109 Å². The Labute approximate surface area is 172 Å². The maximum absolute atomic E-state index is 12.5. The van der Waals surface area contributed by atoms with Crippen LogP contribution in [0.25, 0.3) is 10.9 Å². The van der Waals surface area contributed by atoms with Crippen LogP contribution in [-0.2, 0) is 4.79 Å². The number of ether oxygens (including phenoxy) is 1. The van der Waals surface area contributed by atoms with Gasteiger partial charge in [-0.2, -0.15) is 5.10 Å². The van der Waals surface area contributed by atoms with Crippen LogP contribution in [0, 0.1) is 0 Å². The standard InChI is InChI=1S/C22H19N5O3/c1-14(24-22(29)20-18-4-2-3-5-19(18)26-27-20)21(28)25-15-6-8-16(9-7-15)30-17-10-12-23-13-11-17/h2-14H,1H3,(H,24,29)(H,25,28)(H,26,27). The molecule has 4 aromatic rings. The molecule has 0 spiro atoms. The van der Waals surface area contributed by atoms with Crippen molar-refractivity contribution in [1.82, 2.24) is 20.5 Å². The highest BCUT2D eigenvalue weighted by Crippen LogP contribution is 2.22. The molecule has 0 saturated carbocycles. The van der Waals surface area contributed by atoms with Crippen molar-refractivity contribution in [3.05, 3.63) is 78.8 Å². The number of aromatic amines is 1. The van der Waals surface area contributed by atoms with E-state index in [1.165, 1.54) is 0 Å². The van der Waals surface area contributed by atoms with Crippen molar-refractivity contribution in [1.29, 1.82) is 0 Å². The number of hydrogen-bond acceptors (Lipinski definition) is 5. The van der Waals surface area contributed by atoms with Gasteiger partial charge in [-0.05, 0) is 49.4 Å². The predicted molar refractivity (Wildman–Crippen MR) is 112 cm³/mol. The third-order valence-electron chi connectivity index (χ3n) is 4.43. The van der Waals surface area contributed by atoms with Crippen LogP contribution in [0.3, 0.4) is 0 Å². The summed E-state index contributed by atoms with van der Waals surface area (Å²) in [6.07, 6.45) is 3.29. The highest BCUT2D eigenvalue weighted by molar-refractivity contribution is 6.06. The predicted octanol–water partition coefficient (Wildman–Crippen LogP) is 3.51. The van der Waals surface area contributed by atoms with Gasteiger partial charge >= 0.3 is 0 Å². The molecule has 30 heavy (non-hydrogen) atoms. The number of benzene rings is 2. The molecule has 2 heterocycles. The molecule has 8 nitrogen and oxygen atoms in total. The van der Waals surface area contributed by atoms with E-state index in [-0.39, 0.29) is 11.6 Å². The number of fused-ring (bicyclic) bond motifs is 1. The summed E-state index contributed by atoms with van der Waals surface area (Å²) >= 11 is 0. The summed E-state index contributed by atoms with van der Waals surface area (Å²) in [4.78, 5) is 28.9. The van der Waals surface area contributed by atoms with Crippen molar-refractivity contribution in [3.8, 4) is 11.5 Å². The zero-order valence-electron chi connectivity index (χ0n) is 16.1. The molecule has 0 fully saturated rings. The van der Waals surface area contributed by atoms with Gasteiger partial charge in [0, 0.05) is 23.5 Å². The number of hydrogen-bond donors (Lipinski definition) is 3. The summed E-state index contributed by atoms with van der Waals surface area (Å²) < 4.78 is 5.70. The fourth-order valence-corrected chi connectivity index (χ4v) is 2.87. The second-order valence-electron chi connectivity index (χ2n) is 6.61. The van der Waals surface area contributed by atoms with Crippen molar-refractivity contribution in [2.45, 2.75) is 13.0 Å². The number of H-pyrrole nitrogens is 1. The van der Waals surface area contributed by atoms with E-state index in [4.69, 9.17) is 4.74 Å². The number of amides is 2. The molecule has 1 atom stereocenters. The minimum Gasteiger partial charge on any atom is -0.457 e. The number of nitrogens with one attached hydrogen (secondary N) is 3. The van der Waals surface area contributed by atoms with Crippen molar-refractivity contribution < 1.29 is 14.3 Å². The van der Waals surface area contributed by atoms with E-state index in [1.54, 1.807) is 61.8 Å². The van der Waals surface area contributed by atoms with E-state index in [2.05, 4.69) is 25.8 Å². The Morgan fingerprint density at radius 2 is 1.67 bits per heavy atom. The summed E-state index contributed by atoms with van der Waals surface area (Å²) in [5, 5.41) is 13.0. The van der Waals surface area contributed by atoms with E-state index in [1.807, 2.05) is 18.2 Å². The number of anilines is 1. The van der Waals surface area contributed by atoms with Gasteiger partial charge in [-0.3, -0.25) is 19.7 Å². The third-order valence-corrected chi connectivity index (χ3v) is 4.43. The van der Waals surface area contributed by atoms with E-state index < -0.39 is 11.9 Å². The number of pyridine rings is 1. The molecule has 0 bridgehead atoms. The molecule has 0 aliphatic rings. The summed E-state index contributed by atoms with van der Waals surface area (Å²) in [5.41, 5.74) is 1.60. The molecule has 8 heteroatoms. The molecule has 150 valence electrons. The van der Waals surface area contributed by atoms with E-state index >= 15 is 0 Å². The Balaban J connectivity index is 1.35. The first-order valence-electron chi connectivity index (χ1n) is 9.33. The second kappa shape index (κ2) is 8.44. The fraction of sp³-hybridized carbons (Fsp3) is 0.0909. The summed E-state index contributed by atoms with van der Waals surface area (Å²) in [5.74, 6) is 0.539. The quantitative estimate of drug-likeness (QED) is 0.458. The average Bonchev–Trinajstić information content (AvgIpc) is 3.20. The lowest BCUT2D eigenvalue weighted by Crippen LogP contribution is -2.41. The first kappa shape index (κ1) is 19.1. The maximum Gasteiger partial charge on any atom is 0.273 e. The van der Waals surface area contributed by atoms with Gasteiger partial charge in [0.15, 0.2) is 5.69 Å².